The number of hydrogen-bond acceptors (Lipinski definition) is 2. The number of carbonyl (C=O) groups is 1. The van der Waals surface area contributed by atoms with Gasteiger partial charge < -0.3 is 5.32 Å². The molecule has 2 aliphatic rings. The van der Waals surface area contributed by atoms with E-state index in [0.29, 0.717) is 12.5 Å². The number of amides is 1. The first-order valence-corrected chi connectivity index (χ1v) is 8.52. The Morgan fingerprint density at radius 3 is 2.82 bits per heavy atom. The molecule has 1 fully saturated rings. The number of nitrogens with zero attached hydrogens (tertiary/aromatic N) is 1. The number of carbonyl (C=O) groups excluding carboxylic acids is 1. The molecule has 1 atom stereocenters. The number of likely N-dealkylation sites (tertiary alicyclic amines) is 1. The van der Waals surface area contributed by atoms with Gasteiger partial charge in [-0.3, -0.25) is 9.69 Å². The summed E-state index contributed by atoms with van der Waals surface area (Å²) in [5, 5.41) is 3.19. The highest BCUT2D eigenvalue weighted by Crippen LogP contribution is 2.34. The molecular weight excluding hydrogens is 272 g/mol. The lowest BCUT2D eigenvalue weighted by Gasteiger charge is -2.26. The third-order valence-corrected chi connectivity index (χ3v) is 4.80. The van der Waals surface area contributed by atoms with Crippen LogP contribution in [0.1, 0.15) is 49.1 Å². The minimum Gasteiger partial charge on any atom is -0.324 e. The molecule has 3 rings (SSSR count). The number of rotatable bonds is 4. The lowest BCUT2D eigenvalue weighted by Crippen LogP contribution is -2.37. The summed E-state index contributed by atoms with van der Waals surface area (Å²) in [4.78, 5) is 14.7. The smallest absolute Gasteiger partial charge is 0.238 e. The Morgan fingerprint density at radius 2 is 2.09 bits per heavy atom. The SMILES string of the molecule is Cc1cccc(C2C=CCC2)c1NC(=O)CN1CCCCC1. The summed E-state index contributed by atoms with van der Waals surface area (Å²) in [5.41, 5.74) is 3.45. The van der Waals surface area contributed by atoms with Gasteiger partial charge in [0.15, 0.2) is 0 Å². The molecule has 1 aromatic carbocycles. The van der Waals surface area contributed by atoms with Gasteiger partial charge in [-0.25, -0.2) is 0 Å². The van der Waals surface area contributed by atoms with Crippen molar-refractivity contribution in [2.24, 2.45) is 0 Å². The highest BCUT2D eigenvalue weighted by molar-refractivity contribution is 5.94. The van der Waals surface area contributed by atoms with E-state index in [9.17, 15) is 4.79 Å². The van der Waals surface area contributed by atoms with E-state index in [-0.39, 0.29) is 5.91 Å². The molecular formula is C19H26N2O. The average Bonchev–Trinajstić information content (AvgIpc) is 3.04. The van der Waals surface area contributed by atoms with Crippen LogP contribution in [0.2, 0.25) is 0 Å². The van der Waals surface area contributed by atoms with Crippen molar-refractivity contribution in [2.45, 2.75) is 44.9 Å². The molecule has 22 heavy (non-hydrogen) atoms. The van der Waals surface area contributed by atoms with Crippen LogP contribution in [-0.4, -0.2) is 30.4 Å². The first kappa shape index (κ1) is 15.3. The van der Waals surface area contributed by atoms with Gasteiger partial charge in [-0.2, -0.15) is 0 Å². The fourth-order valence-electron chi connectivity index (χ4n) is 3.56. The maximum atomic E-state index is 12.4. The van der Waals surface area contributed by atoms with Gasteiger partial charge in [0.05, 0.1) is 6.54 Å². The highest BCUT2D eigenvalue weighted by Gasteiger charge is 2.19. The molecule has 1 aliphatic carbocycles. The molecule has 0 radical (unpaired) electrons. The van der Waals surface area contributed by atoms with E-state index in [4.69, 9.17) is 0 Å². The molecule has 1 saturated heterocycles. The zero-order chi connectivity index (χ0) is 15.4. The number of allylic oxidation sites excluding steroid dienone is 2. The van der Waals surface area contributed by atoms with E-state index in [2.05, 4.69) is 47.5 Å². The van der Waals surface area contributed by atoms with Crippen molar-refractivity contribution in [3.8, 4) is 0 Å². The maximum absolute atomic E-state index is 12.4. The molecule has 3 heteroatoms. The van der Waals surface area contributed by atoms with Crippen LogP contribution in [0, 0.1) is 6.92 Å². The number of para-hydroxylation sites is 1. The molecule has 0 saturated carbocycles. The van der Waals surface area contributed by atoms with Gasteiger partial charge in [0.25, 0.3) is 0 Å². The Hall–Kier alpha value is -1.61. The van der Waals surface area contributed by atoms with Crippen LogP contribution in [-0.2, 0) is 4.79 Å². The molecule has 0 aromatic heterocycles. The van der Waals surface area contributed by atoms with Gasteiger partial charge in [-0.15, -0.1) is 0 Å². The van der Waals surface area contributed by atoms with Crippen LogP contribution in [0.15, 0.2) is 30.4 Å². The summed E-state index contributed by atoms with van der Waals surface area (Å²) in [6.07, 6.45) is 10.5. The van der Waals surface area contributed by atoms with Gasteiger partial charge in [0, 0.05) is 11.6 Å². The molecule has 3 nitrogen and oxygen atoms in total. The van der Waals surface area contributed by atoms with Crippen LogP contribution in [0.5, 0.6) is 0 Å². The fourth-order valence-corrected chi connectivity index (χ4v) is 3.56. The Kier molecular flexibility index (Phi) is 4.94. The van der Waals surface area contributed by atoms with Crippen molar-refractivity contribution >= 4 is 11.6 Å². The second-order valence-corrected chi connectivity index (χ2v) is 6.54. The summed E-state index contributed by atoms with van der Waals surface area (Å²) in [6, 6.07) is 6.33. The predicted octanol–water partition coefficient (Wildman–Crippen LogP) is 3.85. The topological polar surface area (TPSA) is 32.3 Å². The summed E-state index contributed by atoms with van der Waals surface area (Å²) in [5.74, 6) is 0.574. The zero-order valence-corrected chi connectivity index (χ0v) is 13.5. The van der Waals surface area contributed by atoms with Gasteiger partial charge in [-0.1, -0.05) is 36.8 Å². The van der Waals surface area contributed by atoms with Gasteiger partial charge in [-0.05, 0) is 56.8 Å². The zero-order valence-electron chi connectivity index (χ0n) is 13.5. The number of aryl methyl sites for hydroxylation is 1. The highest BCUT2D eigenvalue weighted by atomic mass is 16.2. The van der Waals surface area contributed by atoms with Crippen LogP contribution in [0.4, 0.5) is 5.69 Å². The van der Waals surface area contributed by atoms with E-state index in [0.717, 1.165) is 37.2 Å². The van der Waals surface area contributed by atoms with Crippen LogP contribution >= 0.6 is 0 Å². The summed E-state index contributed by atoms with van der Waals surface area (Å²) in [7, 11) is 0. The van der Waals surface area contributed by atoms with E-state index < -0.39 is 0 Å². The molecule has 1 unspecified atom stereocenters. The Morgan fingerprint density at radius 1 is 1.27 bits per heavy atom. The number of nitrogens with one attached hydrogen (secondary N) is 1. The predicted molar refractivity (Wildman–Crippen MR) is 91.2 cm³/mol. The first-order valence-electron chi connectivity index (χ1n) is 8.52. The molecule has 0 bridgehead atoms. The monoisotopic (exact) mass is 298 g/mol. The minimum atomic E-state index is 0.124. The third kappa shape index (κ3) is 3.58. The minimum absolute atomic E-state index is 0.124. The van der Waals surface area contributed by atoms with Crippen LogP contribution in [0.25, 0.3) is 0 Å². The van der Waals surface area contributed by atoms with Crippen molar-refractivity contribution in [1.82, 2.24) is 4.90 Å². The number of benzene rings is 1. The molecule has 1 heterocycles. The number of anilines is 1. The van der Waals surface area contributed by atoms with Crippen molar-refractivity contribution in [3.05, 3.63) is 41.5 Å². The van der Waals surface area contributed by atoms with E-state index in [1.165, 1.54) is 24.8 Å². The summed E-state index contributed by atoms with van der Waals surface area (Å²) >= 11 is 0. The lowest BCUT2D eigenvalue weighted by atomic mass is 9.94. The number of piperidine rings is 1. The Balaban J connectivity index is 1.70. The van der Waals surface area contributed by atoms with Crippen molar-refractivity contribution in [1.29, 1.82) is 0 Å². The fraction of sp³-hybridized carbons (Fsp3) is 0.526. The largest absolute Gasteiger partial charge is 0.324 e. The Labute approximate surface area is 133 Å². The second-order valence-electron chi connectivity index (χ2n) is 6.54. The molecule has 1 N–H and O–H groups in total. The summed E-state index contributed by atoms with van der Waals surface area (Å²) in [6.45, 7) is 4.71. The maximum Gasteiger partial charge on any atom is 0.238 e. The third-order valence-electron chi connectivity index (χ3n) is 4.80. The number of hydrogen-bond donors (Lipinski definition) is 1. The Bertz CT molecular complexity index is 559. The van der Waals surface area contributed by atoms with Crippen molar-refractivity contribution in [3.63, 3.8) is 0 Å². The molecule has 0 spiro atoms. The normalized spacial score (nSPS) is 22.0. The van der Waals surface area contributed by atoms with Gasteiger partial charge in [0.1, 0.15) is 0 Å². The second kappa shape index (κ2) is 7.10. The van der Waals surface area contributed by atoms with Crippen molar-refractivity contribution < 1.29 is 4.79 Å². The van der Waals surface area contributed by atoms with E-state index in [1.54, 1.807) is 0 Å². The molecule has 1 aromatic rings. The van der Waals surface area contributed by atoms with Gasteiger partial charge >= 0.3 is 0 Å². The molecule has 1 amide bonds. The summed E-state index contributed by atoms with van der Waals surface area (Å²) < 4.78 is 0. The van der Waals surface area contributed by atoms with E-state index in [1.807, 2.05) is 0 Å². The molecule has 118 valence electrons. The quantitative estimate of drug-likeness (QED) is 0.856. The standard InChI is InChI=1S/C19H26N2O/c1-15-8-7-11-17(16-9-3-4-10-16)19(15)20-18(22)14-21-12-5-2-6-13-21/h3,7-9,11,16H,2,4-6,10,12-14H2,1H3,(H,20,22). The average molecular weight is 298 g/mol. The molecule has 1 aliphatic heterocycles. The van der Waals surface area contributed by atoms with Crippen LogP contribution < -0.4 is 5.32 Å². The van der Waals surface area contributed by atoms with Crippen molar-refractivity contribution in [2.75, 3.05) is 25.0 Å². The lowest BCUT2D eigenvalue weighted by molar-refractivity contribution is -0.117. The van der Waals surface area contributed by atoms with Crippen LogP contribution in [0.3, 0.4) is 0 Å². The van der Waals surface area contributed by atoms with E-state index >= 15 is 0 Å². The first-order chi connectivity index (χ1) is 10.7. The van der Waals surface area contributed by atoms with Gasteiger partial charge in [0.2, 0.25) is 5.91 Å².